The van der Waals surface area contributed by atoms with E-state index in [0.29, 0.717) is 12.5 Å². The van der Waals surface area contributed by atoms with Crippen LogP contribution in [-0.4, -0.2) is 37.1 Å². The van der Waals surface area contributed by atoms with Crippen LogP contribution in [0.2, 0.25) is 0 Å². The number of unbranched alkanes of at least 4 members (excludes halogenated alkanes) is 4. The Morgan fingerprint density at radius 2 is 1.48 bits per heavy atom. The molecule has 0 N–H and O–H groups in total. The zero-order valence-corrected chi connectivity index (χ0v) is 16.6. The molecule has 0 atom stereocenters. The summed E-state index contributed by atoms with van der Waals surface area (Å²) in [6.45, 7) is 16.4. The Balaban J connectivity index is 4.18. The van der Waals surface area contributed by atoms with Crippen LogP contribution in [0.15, 0.2) is 0 Å². The zero-order valence-electron chi connectivity index (χ0n) is 16.6. The summed E-state index contributed by atoms with van der Waals surface area (Å²) in [6.07, 6.45) is 8.44. The number of nitrogens with zero attached hydrogens (tertiary/aromatic N) is 1. The van der Waals surface area contributed by atoms with Crippen LogP contribution in [0.3, 0.4) is 0 Å². The Morgan fingerprint density at radius 1 is 0.957 bits per heavy atom. The Labute approximate surface area is 145 Å². The van der Waals surface area contributed by atoms with Crippen molar-refractivity contribution >= 4 is 5.97 Å². The molecule has 0 aliphatic rings. The van der Waals surface area contributed by atoms with E-state index in [4.69, 9.17) is 4.74 Å². The van der Waals surface area contributed by atoms with Gasteiger partial charge in [-0.25, -0.2) is 0 Å². The van der Waals surface area contributed by atoms with Crippen molar-refractivity contribution in [3.63, 3.8) is 0 Å². The second kappa shape index (κ2) is 12.8. The third-order valence-electron chi connectivity index (χ3n) is 4.27. The summed E-state index contributed by atoms with van der Waals surface area (Å²) in [5, 5.41) is 0. The van der Waals surface area contributed by atoms with Crippen molar-refractivity contribution in [1.29, 1.82) is 0 Å². The molecule has 0 fully saturated rings. The van der Waals surface area contributed by atoms with Gasteiger partial charge in [-0.2, -0.15) is 0 Å². The first kappa shape index (κ1) is 22.4. The van der Waals surface area contributed by atoms with Gasteiger partial charge in [0.15, 0.2) is 0 Å². The Kier molecular flexibility index (Phi) is 12.5. The van der Waals surface area contributed by atoms with Crippen LogP contribution in [0.5, 0.6) is 0 Å². The number of esters is 1. The highest BCUT2D eigenvalue weighted by Gasteiger charge is 2.30. The number of ether oxygens (including phenoxy) is 1. The van der Waals surface area contributed by atoms with Crippen molar-refractivity contribution in [3.8, 4) is 0 Å². The molecule has 0 amide bonds. The molecule has 0 bridgehead atoms. The molecule has 0 aromatic rings. The first-order valence-corrected chi connectivity index (χ1v) is 9.73. The molecule has 138 valence electrons. The molecular formula is C20H41NO2. The third kappa shape index (κ3) is 11.6. The van der Waals surface area contributed by atoms with Crippen LogP contribution in [0.4, 0.5) is 0 Å². The lowest BCUT2D eigenvalue weighted by atomic mass is 9.84. The molecule has 3 nitrogen and oxygen atoms in total. The van der Waals surface area contributed by atoms with Crippen LogP contribution in [0, 0.1) is 11.3 Å². The van der Waals surface area contributed by atoms with Crippen molar-refractivity contribution in [2.75, 3.05) is 26.2 Å². The summed E-state index contributed by atoms with van der Waals surface area (Å²) < 4.78 is 5.57. The highest BCUT2D eigenvalue weighted by Crippen LogP contribution is 2.26. The standard InChI is InChI=1S/C20H41NO2/c1-7-9-11-13-21(14-12-10-8-2)15-16-23-19(22)20(5,6)17-18(3)4/h18H,7-17H2,1-6H3. The number of hydrogen-bond donors (Lipinski definition) is 0. The Hall–Kier alpha value is -0.570. The predicted octanol–water partition coefficient (Wildman–Crippen LogP) is 5.28. The third-order valence-corrected chi connectivity index (χ3v) is 4.27. The lowest BCUT2D eigenvalue weighted by Gasteiger charge is -2.26. The maximum Gasteiger partial charge on any atom is 0.311 e. The van der Waals surface area contributed by atoms with Gasteiger partial charge in [0, 0.05) is 6.54 Å². The van der Waals surface area contributed by atoms with Gasteiger partial charge in [0.1, 0.15) is 6.61 Å². The second-order valence-electron chi connectivity index (χ2n) is 7.87. The van der Waals surface area contributed by atoms with Gasteiger partial charge in [0.25, 0.3) is 0 Å². The average Bonchev–Trinajstić information content (AvgIpc) is 2.45. The lowest BCUT2D eigenvalue weighted by Crippen LogP contribution is -2.33. The fourth-order valence-corrected chi connectivity index (χ4v) is 3.07. The average molecular weight is 328 g/mol. The van der Waals surface area contributed by atoms with Crippen molar-refractivity contribution in [1.82, 2.24) is 4.90 Å². The van der Waals surface area contributed by atoms with E-state index >= 15 is 0 Å². The summed E-state index contributed by atoms with van der Waals surface area (Å²) in [7, 11) is 0. The quantitative estimate of drug-likeness (QED) is 0.321. The summed E-state index contributed by atoms with van der Waals surface area (Å²) in [4.78, 5) is 14.7. The first-order chi connectivity index (χ1) is 10.8. The molecular weight excluding hydrogens is 286 g/mol. The van der Waals surface area contributed by atoms with E-state index < -0.39 is 0 Å². The molecule has 3 heteroatoms. The van der Waals surface area contributed by atoms with Gasteiger partial charge in [0.05, 0.1) is 5.41 Å². The molecule has 0 aliphatic carbocycles. The fraction of sp³-hybridized carbons (Fsp3) is 0.950. The zero-order chi connectivity index (χ0) is 17.7. The van der Waals surface area contributed by atoms with Crippen molar-refractivity contribution in [2.24, 2.45) is 11.3 Å². The summed E-state index contributed by atoms with van der Waals surface area (Å²) in [5.74, 6) is 0.463. The predicted molar refractivity (Wildman–Crippen MR) is 99.7 cm³/mol. The summed E-state index contributed by atoms with van der Waals surface area (Å²) in [6, 6.07) is 0. The number of carbonyl (C=O) groups is 1. The van der Waals surface area contributed by atoms with Gasteiger partial charge in [-0.1, -0.05) is 53.4 Å². The second-order valence-corrected chi connectivity index (χ2v) is 7.87. The van der Waals surface area contributed by atoms with Gasteiger partial charge in [-0.3, -0.25) is 9.69 Å². The van der Waals surface area contributed by atoms with Gasteiger partial charge in [0.2, 0.25) is 0 Å². The minimum Gasteiger partial charge on any atom is -0.464 e. The van der Waals surface area contributed by atoms with Crippen molar-refractivity contribution < 1.29 is 9.53 Å². The SMILES string of the molecule is CCCCCN(CCCCC)CCOC(=O)C(C)(C)CC(C)C. The van der Waals surface area contributed by atoms with Gasteiger partial charge < -0.3 is 4.74 Å². The van der Waals surface area contributed by atoms with Gasteiger partial charge in [-0.05, 0) is 52.1 Å². The topological polar surface area (TPSA) is 29.5 Å². The van der Waals surface area contributed by atoms with E-state index in [-0.39, 0.29) is 11.4 Å². The van der Waals surface area contributed by atoms with Crippen molar-refractivity contribution in [3.05, 3.63) is 0 Å². The van der Waals surface area contributed by atoms with E-state index in [1.807, 2.05) is 13.8 Å². The molecule has 0 spiro atoms. The molecule has 0 aromatic carbocycles. The Bertz CT molecular complexity index is 290. The molecule has 23 heavy (non-hydrogen) atoms. The molecule has 0 radical (unpaired) electrons. The molecule has 0 unspecified atom stereocenters. The maximum atomic E-state index is 12.3. The number of rotatable bonds is 14. The highest BCUT2D eigenvalue weighted by molar-refractivity contribution is 5.75. The molecule has 0 rings (SSSR count). The van der Waals surface area contributed by atoms with E-state index in [2.05, 4.69) is 32.6 Å². The van der Waals surface area contributed by atoms with Gasteiger partial charge in [-0.15, -0.1) is 0 Å². The highest BCUT2D eigenvalue weighted by atomic mass is 16.5. The molecule has 0 saturated heterocycles. The number of carbonyl (C=O) groups excluding carboxylic acids is 1. The number of hydrogen-bond acceptors (Lipinski definition) is 3. The minimum absolute atomic E-state index is 0.0479. The van der Waals surface area contributed by atoms with Crippen LogP contribution in [-0.2, 0) is 9.53 Å². The summed E-state index contributed by atoms with van der Waals surface area (Å²) >= 11 is 0. The minimum atomic E-state index is -0.372. The molecule has 0 aromatic heterocycles. The van der Waals surface area contributed by atoms with Crippen LogP contribution in [0.25, 0.3) is 0 Å². The fourth-order valence-electron chi connectivity index (χ4n) is 3.07. The normalized spacial score (nSPS) is 12.2. The molecule has 0 heterocycles. The molecule has 0 aliphatic heterocycles. The summed E-state index contributed by atoms with van der Waals surface area (Å²) in [5.41, 5.74) is -0.372. The Morgan fingerprint density at radius 3 is 1.91 bits per heavy atom. The monoisotopic (exact) mass is 327 g/mol. The lowest BCUT2D eigenvalue weighted by molar-refractivity contribution is -0.155. The van der Waals surface area contributed by atoms with Crippen molar-refractivity contribution in [2.45, 2.75) is 86.5 Å². The maximum absolute atomic E-state index is 12.3. The molecule has 0 saturated carbocycles. The van der Waals surface area contributed by atoms with Crippen LogP contribution in [0.1, 0.15) is 86.5 Å². The van der Waals surface area contributed by atoms with E-state index in [9.17, 15) is 4.79 Å². The van der Waals surface area contributed by atoms with E-state index in [0.717, 1.165) is 26.1 Å². The van der Waals surface area contributed by atoms with Crippen LogP contribution >= 0.6 is 0 Å². The van der Waals surface area contributed by atoms with Gasteiger partial charge >= 0.3 is 5.97 Å². The van der Waals surface area contributed by atoms with E-state index in [1.165, 1.54) is 38.5 Å². The largest absolute Gasteiger partial charge is 0.464 e. The van der Waals surface area contributed by atoms with E-state index in [1.54, 1.807) is 0 Å². The smallest absolute Gasteiger partial charge is 0.311 e. The first-order valence-electron chi connectivity index (χ1n) is 9.73. The van der Waals surface area contributed by atoms with Crippen LogP contribution < -0.4 is 0 Å².